The fourth-order valence-corrected chi connectivity index (χ4v) is 3.30. The van der Waals surface area contributed by atoms with Gasteiger partial charge in [0.1, 0.15) is 5.82 Å². The van der Waals surface area contributed by atoms with Crippen molar-refractivity contribution in [3.8, 4) is 0 Å². The molecule has 0 spiro atoms. The van der Waals surface area contributed by atoms with Gasteiger partial charge in [-0.15, -0.1) is 11.3 Å². The van der Waals surface area contributed by atoms with Crippen LogP contribution in [0.5, 0.6) is 0 Å². The van der Waals surface area contributed by atoms with Gasteiger partial charge in [0.15, 0.2) is 0 Å². The Kier molecular flexibility index (Phi) is 4.93. The lowest BCUT2D eigenvalue weighted by Gasteiger charge is -2.18. The average molecular weight is 379 g/mol. The van der Waals surface area contributed by atoms with Crippen LogP contribution < -0.4 is 5.32 Å². The molecule has 0 amide bonds. The van der Waals surface area contributed by atoms with E-state index in [4.69, 9.17) is 0 Å². The Labute approximate surface area is 133 Å². The number of nitrogens with zero attached hydrogens (tertiary/aromatic N) is 1. The van der Waals surface area contributed by atoms with E-state index in [1.54, 1.807) is 11.3 Å². The van der Waals surface area contributed by atoms with Gasteiger partial charge < -0.3 is 5.32 Å². The van der Waals surface area contributed by atoms with Crippen LogP contribution in [-0.4, -0.2) is 11.0 Å². The fourth-order valence-electron chi connectivity index (χ4n) is 1.95. The Balaban J connectivity index is 2.15. The Morgan fingerprint density at radius 3 is 2.67 bits per heavy atom. The third-order valence-electron chi connectivity index (χ3n) is 2.85. The molecule has 21 heavy (non-hydrogen) atoms. The second-order valence-electron chi connectivity index (χ2n) is 4.81. The average Bonchev–Trinajstić information content (AvgIpc) is 2.75. The van der Waals surface area contributed by atoms with E-state index >= 15 is 0 Å². The first-order valence-electron chi connectivity index (χ1n) is 6.30. The molecule has 2 aromatic rings. The SMILES string of the molecule is Cc1ccc(CC(C)Nc2ncc(Br)cc2C(F)(F)F)s1. The molecule has 1 unspecified atom stereocenters. The van der Waals surface area contributed by atoms with E-state index in [2.05, 4.69) is 26.2 Å². The minimum atomic E-state index is -4.43. The lowest BCUT2D eigenvalue weighted by atomic mass is 10.2. The molecule has 0 aliphatic heterocycles. The number of pyridine rings is 1. The molecule has 2 rings (SSSR count). The summed E-state index contributed by atoms with van der Waals surface area (Å²) in [6, 6.07) is 4.90. The summed E-state index contributed by atoms with van der Waals surface area (Å²) >= 11 is 4.67. The summed E-state index contributed by atoms with van der Waals surface area (Å²) < 4.78 is 39.3. The van der Waals surface area contributed by atoms with Crippen LogP contribution >= 0.6 is 27.3 Å². The molecular formula is C14H14BrF3N2S. The second-order valence-corrected chi connectivity index (χ2v) is 7.10. The van der Waals surface area contributed by atoms with Crippen LogP contribution in [0.3, 0.4) is 0 Å². The van der Waals surface area contributed by atoms with E-state index in [1.165, 1.54) is 11.1 Å². The van der Waals surface area contributed by atoms with Gasteiger partial charge in [0.2, 0.25) is 0 Å². The highest BCUT2D eigenvalue weighted by Crippen LogP contribution is 2.35. The van der Waals surface area contributed by atoms with Gasteiger partial charge in [-0.1, -0.05) is 0 Å². The molecule has 2 heterocycles. The van der Waals surface area contributed by atoms with Gasteiger partial charge in [0, 0.05) is 32.9 Å². The maximum atomic E-state index is 13.0. The van der Waals surface area contributed by atoms with Crippen LogP contribution in [0.1, 0.15) is 22.2 Å². The van der Waals surface area contributed by atoms with E-state index in [0.29, 0.717) is 10.9 Å². The van der Waals surface area contributed by atoms with Gasteiger partial charge in [-0.05, 0) is 48.0 Å². The number of halogens is 4. The molecule has 114 valence electrons. The monoisotopic (exact) mass is 378 g/mol. The van der Waals surface area contributed by atoms with Gasteiger partial charge in [0.05, 0.1) is 5.56 Å². The molecular weight excluding hydrogens is 365 g/mol. The number of aromatic nitrogens is 1. The highest BCUT2D eigenvalue weighted by atomic mass is 79.9. The molecule has 1 N–H and O–H groups in total. The lowest BCUT2D eigenvalue weighted by Crippen LogP contribution is -2.21. The van der Waals surface area contributed by atoms with Crippen molar-refractivity contribution in [2.75, 3.05) is 5.32 Å². The molecule has 0 aliphatic carbocycles. The zero-order valence-corrected chi connectivity index (χ0v) is 13.9. The number of hydrogen-bond acceptors (Lipinski definition) is 3. The number of aryl methyl sites for hydroxylation is 1. The highest BCUT2D eigenvalue weighted by Gasteiger charge is 2.35. The van der Waals surface area contributed by atoms with Crippen molar-refractivity contribution in [2.24, 2.45) is 0 Å². The van der Waals surface area contributed by atoms with Crippen molar-refractivity contribution in [1.29, 1.82) is 0 Å². The highest BCUT2D eigenvalue weighted by molar-refractivity contribution is 9.10. The Morgan fingerprint density at radius 2 is 2.10 bits per heavy atom. The lowest BCUT2D eigenvalue weighted by molar-refractivity contribution is -0.137. The van der Waals surface area contributed by atoms with Crippen molar-refractivity contribution in [1.82, 2.24) is 4.98 Å². The summed E-state index contributed by atoms with van der Waals surface area (Å²) in [5, 5.41) is 2.86. The Hall–Kier alpha value is -1.08. The smallest absolute Gasteiger partial charge is 0.367 e. The third kappa shape index (κ3) is 4.44. The van der Waals surface area contributed by atoms with Crippen molar-refractivity contribution in [3.63, 3.8) is 0 Å². The molecule has 1 atom stereocenters. The molecule has 2 aromatic heterocycles. The van der Waals surface area contributed by atoms with Crippen molar-refractivity contribution >= 4 is 33.1 Å². The largest absolute Gasteiger partial charge is 0.419 e. The summed E-state index contributed by atoms with van der Waals surface area (Å²) in [4.78, 5) is 6.18. The molecule has 7 heteroatoms. The minimum Gasteiger partial charge on any atom is -0.367 e. The van der Waals surface area contributed by atoms with Crippen LogP contribution in [0.25, 0.3) is 0 Å². The van der Waals surface area contributed by atoms with Crippen molar-refractivity contribution in [2.45, 2.75) is 32.5 Å². The van der Waals surface area contributed by atoms with Crippen molar-refractivity contribution in [3.05, 3.63) is 44.2 Å². The zero-order valence-electron chi connectivity index (χ0n) is 11.5. The third-order valence-corrected chi connectivity index (χ3v) is 4.30. The number of rotatable bonds is 4. The van der Waals surface area contributed by atoms with E-state index in [0.717, 1.165) is 10.9 Å². The number of anilines is 1. The maximum absolute atomic E-state index is 13.0. The number of alkyl halides is 3. The number of nitrogens with one attached hydrogen (secondary N) is 1. The molecule has 0 aliphatic rings. The van der Waals surface area contributed by atoms with Crippen LogP contribution in [0, 0.1) is 6.92 Å². The minimum absolute atomic E-state index is 0.133. The first-order chi connectivity index (χ1) is 9.75. The predicted octanol–water partition coefficient (Wildman–Crippen LogP) is 5.28. The topological polar surface area (TPSA) is 24.9 Å². The van der Waals surface area contributed by atoms with Crippen LogP contribution in [0.15, 0.2) is 28.9 Å². The summed E-state index contributed by atoms with van der Waals surface area (Å²) in [6.45, 7) is 3.85. The van der Waals surface area contributed by atoms with E-state index in [1.807, 2.05) is 26.0 Å². The van der Waals surface area contributed by atoms with Gasteiger partial charge in [-0.2, -0.15) is 13.2 Å². The van der Waals surface area contributed by atoms with E-state index in [9.17, 15) is 13.2 Å². The molecule has 0 bridgehead atoms. The summed E-state index contributed by atoms with van der Waals surface area (Å²) in [6.07, 6.45) is -2.41. The van der Waals surface area contributed by atoms with Crippen LogP contribution in [0.2, 0.25) is 0 Å². The molecule has 0 saturated heterocycles. The van der Waals surface area contributed by atoms with Gasteiger partial charge >= 0.3 is 6.18 Å². The number of thiophene rings is 1. The molecule has 0 saturated carbocycles. The Bertz CT molecular complexity index is 625. The van der Waals surface area contributed by atoms with Gasteiger partial charge in [-0.3, -0.25) is 0 Å². The van der Waals surface area contributed by atoms with E-state index in [-0.39, 0.29) is 11.9 Å². The predicted molar refractivity (Wildman–Crippen MR) is 82.8 cm³/mol. The van der Waals surface area contributed by atoms with Crippen LogP contribution in [-0.2, 0) is 12.6 Å². The summed E-state index contributed by atoms with van der Waals surface area (Å²) in [5.74, 6) is -0.133. The van der Waals surface area contributed by atoms with Gasteiger partial charge in [-0.25, -0.2) is 4.98 Å². The summed E-state index contributed by atoms with van der Waals surface area (Å²) in [5.41, 5.74) is -0.758. The van der Waals surface area contributed by atoms with Gasteiger partial charge in [0.25, 0.3) is 0 Å². The molecule has 0 aromatic carbocycles. The fraction of sp³-hybridized carbons (Fsp3) is 0.357. The zero-order chi connectivity index (χ0) is 15.6. The maximum Gasteiger partial charge on any atom is 0.419 e. The quantitative estimate of drug-likeness (QED) is 0.782. The standard InChI is InChI=1S/C14H14BrF3N2S/c1-8(5-11-4-3-9(2)21-11)20-13-12(14(16,17)18)6-10(15)7-19-13/h3-4,6-8H,5H2,1-2H3,(H,19,20). The second kappa shape index (κ2) is 6.36. The number of hydrogen-bond donors (Lipinski definition) is 1. The first kappa shape index (κ1) is 16.3. The summed E-state index contributed by atoms with van der Waals surface area (Å²) in [7, 11) is 0. The van der Waals surface area contributed by atoms with Crippen molar-refractivity contribution < 1.29 is 13.2 Å². The molecule has 0 radical (unpaired) electrons. The molecule has 0 fully saturated rings. The molecule has 2 nitrogen and oxygen atoms in total. The normalized spacial score (nSPS) is 13.2. The first-order valence-corrected chi connectivity index (χ1v) is 7.91. The van der Waals surface area contributed by atoms with E-state index < -0.39 is 11.7 Å². The van der Waals surface area contributed by atoms with Crippen LogP contribution in [0.4, 0.5) is 19.0 Å². The Morgan fingerprint density at radius 1 is 1.38 bits per heavy atom.